The van der Waals surface area contributed by atoms with Crippen molar-refractivity contribution in [2.45, 2.75) is 25.5 Å². The molecule has 1 saturated heterocycles. The summed E-state index contributed by atoms with van der Waals surface area (Å²) >= 11 is 0. The van der Waals surface area contributed by atoms with E-state index in [2.05, 4.69) is 4.90 Å². The van der Waals surface area contributed by atoms with Crippen LogP contribution in [0.5, 0.6) is 5.75 Å². The highest BCUT2D eigenvalue weighted by atomic mass is 19.1. The van der Waals surface area contributed by atoms with Crippen molar-refractivity contribution >= 4 is 0 Å². The van der Waals surface area contributed by atoms with Gasteiger partial charge < -0.3 is 14.6 Å². The molecule has 4 nitrogen and oxygen atoms in total. The molecule has 0 amide bonds. The highest BCUT2D eigenvalue weighted by Crippen LogP contribution is 2.23. The maximum absolute atomic E-state index is 14.1. The van der Waals surface area contributed by atoms with Gasteiger partial charge in [-0.25, -0.2) is 4.39 Å². The minimum Gasteiger partial charge on any atom is -0.494 e. The van der Waals surface area contributed by atoms with Gasteiger partial charge in [0, 0.05) is 25.2 Å². The zero-order valence-corrected chi connectivity index (χ0v) is 11.8. The number of hydrogen-bond acceptors (Lipinski definition) is 4. The lowest BCUT2D eigenvalue weighted by molar-refractivity contribution is -0.00916. The lowest BCUT2D eigenvalue weighted by Gasteiger charge is -2.31. The fourth-order valence-corrected chi connectivity index (χ4v) is 2.53. The van der Waals surface area contributed by atoms with E-state index in [1.165, 1.54) is 7.11 Å². The summed E-state index contributed by atoms with van der Waals surface area (Å²) in [6, 6.07) is 5.24. The average molecular weight is 283 g/mol. The molecule has 0 saturated carbocycles. The number of rotatable bonds is 6. The van der Waals surface area contributed by atoms with E-state index in [-0.39, 0.29) is 18.5 Å². The Morgan fingerprint density at radius 2 is 2.10 bits per heavy atom. The second-order valence-electron chi connectivity index (χ2n) is 5.00. The topological polar surface area (TPSA) is 41.9 Å². The molecule has 1 N–H and O–H groups in total. The number of methoxy groups -OCH3 is 1. The molecule has 0 atom stereocenters. The second kappa shape index (κ2) is 7.57. The Morgan fingerprint density at radius 3 is 2.75 bits per heavy atom. The third-order valence-electron chi connectivity index (χ3n) is 3.64. The summed E-state index contributed by atoms with van der Waals surface area (Å²) in [6.45, 7) is 2.82. The Balaban J connectivity index is 1.86. The summed E-state index contributed by atoms with van der Waals surface area (Å²) in [4.78, 5) is 2.22. The average Bonchev–Trinajstić information content (AvgIpc) is 2.48. The van der Waals surface area contributed by atoms with Crippen LogP contribution in [0.25, 0.3) is 0 Å². The number of benzene rings is 1. The fourth-order valence-electron chi connectivity index (χ4n) is 2.53. The third-order valence-corrected chi connectivity index (χ3v) is 3.64. The first kappa shape index (κ1) is 15.2. The Bertz CT molecular complexity index is 420. The van der Waals surface area contributed by atoms with Crippen molar-refractivity contribution in [3.05, 3.63) is 29.6 Å². The van der Waals surface area contributed by atoms with Crippen LogP contribution in [0.1, 0.15) is 18.4 Å². The van der Waals surface area contributed by atoms with Gasteiger partial charge in [-0.1, -0.05) is 12.1 Å². The van der Waals surface area contributed by atoms with Gasteiger partial charge in [-0.15, -0.1) is 0 Å². The Hall–Kier alpha value is -1.17. The van der Waals surface area contributed by atoms with Crippen LogP contribution < -0.4 is 4.74 Å². The molecule has 0 aromatic heterocycles. The number of aliphatic hydroxyl groups is 1. The molecule has 1 aromatic carbocycles. The number of aliphatic hydroxyl groups excluding tert-OH is 1. The molecule has 1 aliphatic rings. The smallest absolute Gasteiger partial charge is 0.169 e. The van der Waals surface area contributed by atoms with E-state index in [1.807, 2.05) is 6.07 Å². The quantitative estimate of drug-likeness (QED) is 0.864. The van der Waals surface area contributed by atoms with Crippen LogP contribution in [0.15, 0.2) is 18.2 Å². The molecule has 112 valence electrons. The van der Waals surface area contributed by atoms with E-state index < -0.39 is 0 Å². The molecule has 0 unspecified atom stereocenters. The molecule has 1 heterocycles. The zero-order chi connectivity index (χ0) is 14.4. The first-order valence-electron chi connectivity index (χ1n) is 7.00. The summed E-state index contributed by atoms with van der Waals surface area (Å²) in [5.41, 5.74) is 0.666. The third kappa shape index (κ3) is 3.91. The molecule has 2 rings (SSSR count). The molecular formula is C15H22FNO3. The lowest BCUT2D eigenvalue weighted by atomic mass is 10.1. The Morgan fingerprint density at radius 1 is 1.35 bits per heavy atom. The SMILES string of the molecule is COc1cccc(CN2CCC(OCCO)CC2)c1F. The largest absolute Gasteiger partial charge is 0.494 e. The van der Waals surface area contributed by atoms with Gasteiger partial charge in [-0.2, -0.15) is 0 Å². The van der Waals surface area contributed by atoms with E-state index in [0.29, 0.717) is 24.5 Å². The van der Waals surface area contributed by atoms with Crippen LogP contribution >= 0.6 is 0 Å². The summed E-state index contributed by atoms with van der Waals surface area (Å²) in [7, 11) is 1.48. The van der Waals surface area contributed by atoms with Gasteiger partial charge in [0.1, 0.15) is 0 Å². The molecule has 5 heteroatoms. The first-order chi connectivity index (χ1) is 9.74. The first-order valence-corrected chi connectivity index (χ1v) is 7.00. The van der Waals surface area contributed by atoms with Crippen LogP contribution in [-0.4, -0.2) is 49.5 Å². The van der Waals surface area contributed by atoms with Gasteiger partial charge in [0.2, 0.25) is 0 Å². The number of nitrogens with zero attached hydrogens (tertiary/aromatic N) is 1. The van der Waals surface area contributed by atoms with Crippen LogP contribution in [0.3, 0.4) is 0 Å². The molecule has 1 aromatic rings. The van der Waals surface area contributed by atoms with E-state index in [9.17, 15) is 4.39 Å². The van der Waals surface area contributed by atoms with Gasteiger partial charge in [0.05, 0.1) is 26.4 Å². The number of halogens is 1. The van der Waals surface area contributed by atoms with E-state index in [0.717, 1.165) is 25.9 Å². The van der Waals surface area contributed by atoms with Crippen molar-refractivity contribution in [2.24, 2.45) is 0 Å². The molecule has 0 aliphatic carbocycles. The van der Waals surface area contributed by atoms with E-state index in [1.54, 1.807) is 12.1 Å². The number of likely N-dealkylation sites (tertiary alicyclic amines) is 1. The van der Waals surface area contributed by atoms with Crippen LogP contribution in [0.2, 0.25) is 0 Å². The molecule has 0 radical (unpaired) electrons. The van der Waals surface area contributed by atoms with Gasteiger partial charge >= 0.3 is 0 Å². The van der Waals surface area contributed by atoms with Gasteiger partial charge in [-0.3, -0.25) is 4.90 Å². The summed E-state index contributed by atoms with van der Waals surface area (Å²) in [5.74, 6) is 0.0253. The highest BCUT2D eigenvalue weighted by molar-refractivity contribution is 5.31. The molecule has 20 heavy (non-hydrogen) atoms. The van der Waals surface area contributed by atoms with Crippen molar-refractivity contribution in [1.82, 2.24) is 4.90 Å². The monoisotopic (exact) mass is 283 g/mol. The van der Waals surface area contributed by atoms with Crippen molar-refractivity contribution in [2.75, 3.05) is 33.4 Å². The number of hydrogen-bond donors (Lipinski definition) is 1. The van der Waals surface area contributed by atoms with Gasteiger partial charge in [0.25, 0.3) is 0 Å². The van der Waals surface area contributed by atoms with Gasteiger partial charge in [0.15, 0.2) is 11.6 Å². The van der Waals surface area contributed by atoms with Crippen molar-refractivity contribution < 1.29 is 19.0 Å². The minimum absolute atomic E-state index is 0.0647. The van der Waals surface area contributed by atoms with E-state index >= 15 is 0 Å². The second-order valence-corrected chi connectivity index (χ2v) is 5.00. The zero-order valence-electron chi connectivity index (χ0n) is 11.8. The Kier molecular flexibility index (Phi) is 5.76. The van der Waals surface area contributed by atoms with Crippen molar-refractivity contribution in [3.8, 4) is 5.75 Å². The van der Waals surface area contributed by atoms with Crippen LogP contribution in [0, 0.1) is 5.82 Å². The van der Waals surface area contributed by atoms with Gasteiger partial charge in [-0.05, 0) is 18.9 Å². The molecule has 1 aliphatic heterocycles. The van der Waals surface area contributed by atoms with Crippen LogP contribution in [-0.2, 0) is 11.3 Å². The number of ether oxygens (including phenoxy) is 2. The highest BCUT2D eigenvalue weighted by Gasteiger charge is 2.20. The normalized spacial score (nSPS) is 17.4. The fraction of sp³-hybridized carbons (Fsp3) is 0.600. The van der Waals surface area contributed by atoms with Crippen molar-refractivity contribution in [3.63, 3.8) is 0 Å². The predicted molar refractivity (Wildman–Crippen MR) is 74.3 cm³/mol. The maximum Gasteiger partial charge on any atom is 0.169 e. The molecular weight excluding hydrogens is 261 g/mol. The predicted octanol–water partition coefficient (Wildman–Crippen LogP) is 1.81. The minimum atomic E-state index is -0.270. The summed E-state index contributed by atoms with van der Waals surface area (Å²) in [5, 5.41) is 8.73. The summed E-state index contributed by atoms with van der Waals surface area (Å²) in [6.07, 6.45) is 2.06. The lowest BCUT2D eigenvalue weighted by Crippen LogP contribution is -2.37. The summed E-state index contributed by atoms with van der Waals surface area (Å²) < 4.78 is 24.6. The molecule has 0 bridgehead atoms. The van der Waals surface area contributed by atoms with Crippen LogP contribution in [0.4, 0.5) is 4.39 Å². The molecule has 1 fully saturated rings. The van der Waals surface area contributed by atoms with E-state index in [4.69, 9.17) is 14.6 Å². The maximum atomic E-state index is 14.1. The molecule has 0 spiro atoms. The van der Waals surface area contributed by atoms with Crippen molar-refractivity contribution in [1.29, 1.82) is 0 Å². The number of piperidine rings is 1. The standard InChI is InChI=1S/C15H22FNO3/c1-19-14-4-2-3-12(15(14)16)11-17-7-5-13(6-8-17)20-10-9-18/h2-4,13,18H,5-11H2,1H3. The Labute approximate surface area is 119 Å².